The molecule has 10 heteroatoms. The van der Waals surface area contributed by atoms with Gasteiger partial charge in [0.25, 0.3) is 0 Å². The summed E-state index contributed by atoms with van der Waals surface area (Å²) in [4.78, 5) is 22.5. The molecule has 0 fully saturated rings. The molecule has 0 aliphatic carbocycles. The van der Waals surface area contributed by atoms with Gasteiger partial charge >= 0.3 is 13.8 Å². The van der Waals surface area contributed by atoms with Gasteiger partial charge in [-0.2, -0.15) is 0 Å². The number of hydrogen-bond acceptors (Lipinski definition) is 8. The number of aliphatic hydroxyl groups excluding tert-OH is 2. The summed E-state index contributed by atoms with van der Waals surface area (Å²) in [5.74, 6) is -0.391. The zero-order valence-electron chi connectivity index (χ0n) is 34.2. The van der Waals surface area contributed by atoms with E-state index in [0.29, 0.717) is 6.61 Å². The number of aliphatic hydroxyl groups is 2. The molecule has 0 radical (unpaired) electrons. The van der Waals surface area contributed by atoms with Gasteiger partial charge in [-0.05, 0) is 57.8 Å². The van der Waals surface area contributed by atoms with Crippen molar-refractivity contribution in [2.24, 2.45) is 0 Å². The Morgan fingerprint density at radius 1 is 0.593 bits per heavy atom. The maximum absolute atomic E-state index is 12.5. The lowest BCUT2D eigenvalue weighted by Gasteiger charge is -2.20. The highest BCUT2D eigenvalue weighted by Gasteiger charge is 2.26. The molecule has 0 aromatic heterocycles. The van der Waals surface area contributed by atoms with Crippen LogP contribution in [0.25, 0.3) is 0 Å². The van der Waals surface area contributed by atoms with Crippen LogP contribution in [0.1, 0.15) is 168 Å². The fourth-order valence-corrected chi connectivity index (χ4v) is 6.29. The average molecular weight is 783 g/mol. The number of unbranched alkanes of at least 4 members (excludes halogenated alkanes) is 16. The van der Waals surface area contributed by atoms with E-state index >= 15 is 0 Å². The van der Waals surface area contributed by atoms with E-state index in [9.17, 15) is 19.4 Å². The molecule has 54 heavy (non-hydrogen) atoms. The van der Waals surface area contributed by atoms with E-state index in [4.69, 9.17) is 23.6 Å². The Kier molecular flexibility index (Phi) is 39.4. The lowest BCUT2D eigenvalue weighted by atomic mass is 10.1. The van der Waals surface area contributed by atoms with Crippen molar-refractivity contribution < 1.29 is 43.0 Å². The van der Waals surface area contributed by atoms with Crippen LogP contribution in [0.4, 0.5) is 0 Å². The van der Waals surface area contributed by atoms with Crippen molar-refractivity contribution in [2.45, 2.75) is 180 Å². The molecule has 0 saturated carbocycles. The maximum Gasteiger partial charge on any atom is 0.472 e. The third-order valence-electron chi connectivity index (χ3n) is 8.72. The van der Waals surface area contributed by atoms with Crippen LogP contribution in [0.15, 0.2) is 60.8 Å². The van der Waals surface area contributed by atoms with Crippen LogP contribution in [-0.2, 0) is 27.9 Å². The summed E-state index contributed by atoms with van der Waals surface area (Å²) < 4.78 is 33.3. The van der Waals surface area contributed by atoms with Crippen LogP contribution >= 0.6 is 7.82 Å². The number of hydrogen-bond donors (Lipinski definition) is 3. The molecule has 0 rings (SSSR count). The second-order valence-corrected chi connectivity index (χ2v) is 15.4. The first-order valence-corrected chi connectivity index (χ1v) is 22.8. The third-order valence-corrected chi connectivity index (χ3v) is 9.67. The molecule has 0 bridgehead atoms. The van der Waals surface area contributed by atoms with Gasteiger partial charge in [0.05, 0.1) is 26.4 Å². The minimum absolute atomic E-state index is 0.0423. The Morgan fingerprint density at radius 3 is 1.59 bits per heavy atom. The van der Waals surface area contributed by atoms with Crippen LogP contribution in [0.5, 0.6) is 0 Å². The molecule has 0 aliphatic rings. The highest BCUT2D eigenvalue weighted by molar-refractivity contribution is 7.47. The predicted octanol–water partition coefficient (Wildman–Crippen LogP) is 11.6. The number of carbonyl (C=O) groups excluding carboxylic acids is 1. The van der Waals surface area contributed by atoms with Crippen molar-refractivity contribution in [1.82, 2.24) is 0 Å². The van der Waals surface area contributed by atoms with Crippen LogP contribution in [0.2, 0.25) is 0 Å². The highest BCUT2D eigenvalue weighted by atomic mass is 31.2. The Morgan fingerprint density at radius 2 is 1.06 bits per heavy atom. The van der Waals surface area contributed by atoms with Gasteiger partial charge in [-0.3, -0.25) is 13.8 Å². The first-order valence-electron chi connectivity index (χ1n) is 21.3. The molecule has 0 aromatic rings. The Hall–Kier alpha value is -1.84. The molecule has 314 valence electrons. The highest BCUT2D eigenvalue weighted by Crippen LogP contribution is 2.43. The van der Waals surface area contributed by atoms with Gasteiger partial charge in [-0.1, -0.05) is 164 Å². The molecule has 0 aliphatic heterocycles. The van der Waals surface area contributed by atoms with Crippen molar-refractivity contribution >= 4 is 13.8 Å². The summed E-state index contributed by atoms with van der Waals surface area (Å²) in [6.45, 7) is 3.35. The minimum Gasteiger partial charge on any atom is -0.457 e. The van der Waals surface area contributed by atoms with Gasteiger partial charge in [0.1, 0.15) is 12.2 Å². The Bertz CT molecular complexity index is 1020. The number of rotatable bonds is 40. The van der Waals surface area contributed by atoms with Gasteiger partial charge in [-0.25, -0.2) is 4.57 Å². The van der Waals surface area contributed by atoms with Gasteiger partial charge < -0.3 is 24.6 Å². The molecule has 3 unspecified atom stereocenters. The van der Waals surface area contributed by atoms with E-state index < -0.39 is 39.2 Å². The number of esters is 1. The molecule has 0 aromatic carbocycles. The standard InChI is InChI=1S/C44H79O9P/c1-3-5-7-9-11-13-14-15-16-17-18-19-20-21-22-23-24-25-26-27-29-31-33-35-37-50-40-43(41-52-54(48,49)51-39-42(46)38-45)53-44(47)36-34-32-30-28-12-10-8-6-4-2/h5,7,11,13,15-16,18-19,21-22,42-43,45-46H,3-4,6,8-10,12,14,17,20,23-41H2,1-2H3,(H,48,49)/b7-5-,13-11-,16-15-,19-18-,22-21-. The van der Waals surface area contributed by atoms with Gasteiger partial charge in [0.2, 0.25) is 0 Å². The molecule has 9 nitrogen and oxygen atoms in total. The molecule has 3 atom stereocenters. The fraction of sp³-hybridized carbons (Fsp3) is 0.750. The zero-order chi connectivity index (χ0) is 39.6. The van der Waals surface area contributed by atoms with Crippen molar-refractivity contribution in [3.63, 3.8) is 0 Å². The molecular weight excluding hydrogens is 703 g/mol. The first kappa shape index (κ1) is 52.2. The van der Waals surface area contributed by atoms with Crippen LogP contribution in [0, 0.1) is 0 Å². The van der Waals surface area contributed by atoms with E-state index in [1.165, 1.54) is 70.6 Å². The van der Waals surface area contributed by atoms with Crippen LogP contribution in [0.3, 0.4) is 0 Å². The SMILES string of the molecule is CC/C=C\C/C=C\C/C=C\C/C=C\C/C=C\CCCCCCCCCCOCC(COP(=O)(O)OCC(O)CO)OC(=O)CCCCCCCCCCC. The number of phosphoric acid groups is 1. The molecule has 0 spiro atoms. The fourth-order valence-electron chi connectivity index (χ4n) is 5.50. The monoisotopic (exact) mass is 783 g/mol. The van der Waals surface area contributed by atoms with Crippen molar-refractivity contribution in [1.29, 1.82) is 0 Å². The summed E-state index contributed by atoms with van der Waals surface area (Å²) in [7, 11) is -4.51. The van der Waals surface area contributed by atoms with Crippen LogP contribution in [-0.4, -0.2) is 66.3 Å². The molecular formula is C44H79O9P. The molecule has 0 amide bonds. The Labute approximate surface area is 330 Å². The zero-order valence-corrected chi connectivity index (χ0v) is 35.1. The average Bonchev–Trinajstić information content (AvgIpc) is 3.16. The third kappa shape index (κ3) is 39.8. The number of carbonyl (C=O) groups is 1. The lowest BCUT2D eigenvalue weighted by molar-refractivity contribution is -0.154. The van der Waals surface area contributed by atoms with E-state index in [1.54, 1.807) is 0 Å². The summed E-state index contributed by atoms with van der Waals surface area (Å²) in [5.41, 5.74) is 0. The summed E-state index contributed by atoms with van der Waals surface area (Å²) in [6.07, 6.45) is 46.2. The van der Waals surface area contributed by atoms with E-state index in [1.807, 2.05) is 0 Å². The molecule has 0 heterocycles. The number of ether oxygens (including phenoxy) is 2. The predicted molar refractivity (Wildman–Crippen MR) is 223 cm³/mol. The van der Waals surface area contributed by atoms with Crippen LogP contribution < -0.4 is 0 Å². The largest absolute Gasteiger partial charge is 0.472 e. The van der Waals surface area contributed by atoms with Gasteiger partial charge in [-0.15, -0.1) is 0 Å². The van der Waals surface area contributed by atoms with E-state index in [0.717, 1.165) is 77.0 Å². The second kappa shape index (κ2) is 40.8. The smallest absolute Gasteiger partial charge is 0.457 e. The van der Waals surface area contributed by atoms with E-state index in [2.05, 4.69) is 74.6 Å². The van der Waals surface area contributed by atoms with Gasteiger partial charge in [0, 0.05) is 13.0 Å². The summed E-state index contributed by atoms with van der Waals surface area (Å²) in [5, 5.41) is 18.3. The number of phosphoric ester groups is 1. The summed E-state index contributed by atoms with van der Waals surface area (Å²) in [6, 6.07) is 0. The summed E-state index contributed by atoms with van der Waals surface area (Å²) >= 11 is 0. The number of allylic oxidation sites excluding steroid dienone is 10. The van der Waals surface area contributed by atoms with E-state index in [-0.39, 0.29) is 19.6 Å². The quantitative estimate of drug-likeness (QED) is 0.0240. The molecule has 0 saturated heterocycles. The maximum atomic E-state index is 12.5. The minimum atomic E-state index is -4.51. The van der Waals surface area contributed by atoms with Crippen molar-refractivity contribution in [2.75, 3.05) is 33.0 Å². The second-order valence-electron chi connectivity index (χ2n) is 14.0. The lowest BCUT2D eigenvalue weighted by Crippen LogP contribution is -2.29. The normalized spacial score (nSPS) is 14.7. The molecule has 3 N–H and O–H groups in total. The van der Waals surface area contributed by atoms with Gasteiger partial charge in [0.15, 0.2) is 0 Å². The topological polar surface area (TPSA) is 132 Å². The Balaban J connectivity index is 4.08. The van der Waals surface area contributed by atoms with Crippen molar-refractivity contribution in [3.8, 4) is 0 Å². The van der Waals surface area contributed by atoms with Crippen molar-refractivity contribution in [3.05, 3.63) is 60.8 Å². The first-order chi connectivity index (χ1) is 26.3.